The van der Waals surface area contributed by atoms with Crippen LogP contribution in [0.5, 0.6) is 0 Å². The van der Waals surface area contributed by atoms with Crippen LogP contribution in [0.1, 0.15) is 6.42 Å². The van der Waals surface area contributed by atoms with Crippen molar-refractivity contribution < 1.29 is 25.8 Å². The summed E-state index contributed by atoms with van der Waals surface area (Å²) < 4.78 is 0. The van der Waals surface area contributed by atoms with E-state index in [1.165, 1.54) is 0 Å². The molecule has 11 heavy (non-hydrogen) atoms. The molecule has 1 aliphatic carbocycles. The van der Waals surface area contributed by atoms with Gasteiger partial charge in [-0.2, -0.15) is 6.08 Å². The molecule has 2 heteroatoms. The molecule has 0 aromatic carbocycles. The Labute approximate surface area is 93.8 Å². The third-order valence-corrected chi connectivity index (χ3v) is 0.913. The first-order valence-electron chi connectivity index (χ1n) is 2.80. The predicted octanol–water partition coefficient (Wildman–Crippen LogP) is 3.16. The second-order valence-corrected chi connectivity index (χ2v) is 1.75. The van der Waals surface area contributed by atoms with Crippen molar-refractivity contribution in [3.63, 3.8) is 0 Å². The number of halogens is 1. The molecule has 0 saturated heterocycles. The molecule has 1 rings (SSSR count). The van der Waals surface area contributed by atoms with Gasteiger partial charge in [0.2, 0.25) is 0 Å². The van der Waals surface area contributed by atoms with Crippen molar-refractivity contribution in [3.05, 3.63) is 44.4 Å². The molecule has 0 aliphatic heterocycles. The average molecular weight is 335 g/mol. The predicted molar refractivity (Wildman–Crippen MR) is 48.9 cm³/mol. The van der Waals surface area contributed by atoms with Crippen LogP contribution in [-0.2, 0) is 25.8 Å². The Morgan fingerprint density at radius 1 is 1.64 bits per heavy atom. The first-order chi connectivity index (χ1) is 4.41. The van der Waals surface area contributed by atoms with Gasteiger partial charge in [-0.3, -0.25) is 6.08 Å². The Balaban J connectivity index is -0.000000101. The van der Waals surface area contributed by atoms with Crippen LogP contribution in [0.2, 0.25) is 0 Å². The Morgan fingerprint density at radius 3 is 2.27 bits per heavy atom. The van der Waals surface area contributed by atoms with E-state index in [4.69, 9.17) is 11.6 Å². The van der Waals surface area contributed by atoms with E-state index >= 15 is 0 Å². The van der Waals surface area contributed by atoms with E-state index in [0.717, 1.165) is 6.42 Å². The second-order valence-electron chi connectivity index (χ2n) is 1.45. The molecule has 0 bridgehead atoms. The van der Waals surface area contributed by atoms with E-state index in [2.05, 4.69) is 18.7 Å². The molecule has 0 aromatic heterocycles. The molecule has 0 fully saturated rings. The van der Waals surface area contributed by atoms with Gasteiger partial charge >= 0.3 is 0 Å². The van der Waals surface area contributed by atoms with E-state index < -0.39 is 0 Å². The van der Waals surface area contributed by atoms with Crippen molar-refractivity contribution in [2.45, 2.75) is 6.42 Å². The van der Waals surface area contributed by atoms with Gasteiger partial charge in [0.05, 0.1) is 0 Å². The first kappa shape index (κ1) is 17.5. The van der Waals surface area contributed by atoms with Gasteiger partial charge in [-0.1, -0.05) is 6.08 Å². The van der Waals surface area contributed by atoms with Crippen LogP contribution in [0, 0.1) is 13.5 Å². The molecule has 0 atom stereocenters. The largest absolute Gasteiger partial charge is 0.358 e. The van der Waals surface area contributed by atoms with Gasteiger partial charge in [-0.25, -0.2) is 12.2 Å². The summed E-state index contributed by atoms with van der Waals surface area (Å²) >= 11 is 5.07. The fourth-order valence-corrected chi connectivity index (χ4v) is 0.340. The van der Waals surface area contributed by atoms with Crippen molar-refractivity contribution in [2.75, 3.05) is 5.88 Å². The average Bonchev–Trinajstić information content (AvgIpc) is 2.43. The summed E-state index contributed by atoms with van der Waals surface area (Å²) in [5.41, 5.74) is 0. The van der Waals surface area contributed by atoms with Crippen LogP contribution in [0.25, 0.3) is 0 Å². The number of hydrogen-bond donors (Lipinski definition) is 0. The molecule has 0 aromatic rings. The van der Waals surface area contributed by atoms with Crippen molar-refractivity contribution in [1.29, 1.82) is 0 Å². The molecule has 1 aliphatic rings. The molecule has 0 saturated carbocycles. The summed E-state index contributed by atoms with van der Waals surface area (Å²) in [5, 5.41) is 0. The zero-order valence-corrected chi connectivity index (χ0v) is 11.2. The fraction of sp³-hybridized carbons (Fsp3) is 0.222. The van der Waals surface area contributed by atoms with E-state index in [9.17, 15) is 0 Å². The van der Waals surface area contributed by atoms with E-state index in [0.29, 0.717) is 5.88 Å². The normalized spacial score (nSPS) is 10.3. The molecular weight excluding hydrogens is 322 g/mol. The standard InChI is InChI=1S/C5H5.C3H5Cl.CH3.Hf/c1-2-4-5-3-1;1-2-3-4;;/h1-3H,4H2;2H,1,3H2;1H3;/q-1;;-1;. The topological polar surface area (TPSA) is 0 Å². The van der Waals surface area contributed by atoms with E-state index in [1.807, 2.05) is 12.2 Å². The number of rotatable bonds is 1. The summed E-state index contributed by atoms with van der Waals surface area (Å²) in [6.45, 7) is 3.35. The molecule has 0 N–H and O–H groups in total. The zero-order chi connectivity index (χ0) is 6.95. The first-order valence-corrected chi connectivity index (χ1v) is 3.34. The maximum Gasteiger partial charge on any atom is 0.0401 e. The fourth-order valence-electron chi connectivity index (χ4n) is 0.340. The molecule has 0 radical (unpaired) electrons. The minimum Gasteiger partial charge on any atom is -0.358 e. The maximum atomic E-state index is 5.07. The summed E-state index contributed by atoms with van der Waals surface area (Å²) in [7, 11) is 0. The summed E-state index contributed by atoms with van der Waals surface area (Å²) in [6.07, 6.45) is 11.6. The maximum absolute atomic E-state index is 5.07. The van der Waals surface area contributed by atoms with Crippen LogP contribution in [0.4, 0.5) is 0 Å². The van der Waals surface area contributed by atoms with Crippen molar-refractivity contribution in [1.82, 2.24) is 0 Å². The van der Waals surface area contributed by atoms with Crippen molar-refractivity contribution in [3.8, 4) is 0 Å². The van der Waals surface area contributed by atoms with Gasteiger partial charge in [0, 0.05) is 31.7 Å². The minimum absolute atomic E-state index is 0. The van der Waals surface area contributed by atoms with Gasteiger partial charge in [0.15, 0.2) is 0 Å². The Hall–Kier alpha value is 0.380. The van der Waals surface area contributed by atoms with Gasteiger partial charge < -0.3 is 7.43 Å². The molecule has 0 heterocycles. The molecule has 0 amide bonds. The van der Waals surface area contributed by atoms with E-state index in [1.54, 1.807) is 6.08 Å². The smallest absolute Gasteiger partial charge is 0.0401 e. The van der Waals surface area contributed by atoms with Crippen LogP contribution in [0.15, 0.2) is 30.9 Å². The van der Waals surface area contributed by atoms with Crippen molar-refractivity contribution >= 4 is 11.6 Å². The molecule has 0 unspecified atom stereocenters. The SMILES string of the molecule is C=CCCl.[C-]1=CC=CC1.[CH3-].[Hf]. The third-order valence-electron chi connectivity index (χ3n) is 0.695. The number of hydrogen-bond acceptors (Lipinski definition) is 0. The molecular formula is C9H13ClHf-2. The van der Waals surface area contributed by atoms with Crippen molar-refractivity contribution in [2.24, 2.45) is 0 Å². The monoisotopic (exact) mass is 336 g/mol. The summed E-state index contributed by atoms with van der Waals surface area (Å²) in [4.78, 5) is 0. The van der Waals surface area contributed by atoms with E-state index in [-0.39, 0.29) is 33.3 Å². The molecule has 62 valence electrons. The Bertz CT molecular complexity index is 107. The minimum atomic E-state index is 0. The van der Waals surface area contributed by atoms with Crippen LogP contribution < -0.4 is 0 Å². The number of allylic oxidation sites excluding steroid dienone is 5. The molecule has 0 spiro atoms. The summed E-state index contributed by atoms with van der Waals surface area (Å²) in [5.74, 6) is 0.556. The van der Waals surface area contributed by atoms with Crippen LogP contribution in [0.3, 0.4) is 0 Å². The quantitative estimate of drug-likeness (QED) is 0.299. The molecule has 0 nitrogen and oxygen atoms in total. The Kier molecular flexibility index (Phi) is 26.6. The van der Waals surface area contributed by atoms with Gasteiger partial charge in [0.1, 0.15) is 0 Å². The summed E-state index contributed by atoms with van der Waals surface area (Å²) in [6, 6.07) is 0. The van der Waals surface area contributed by atoms with Gasteiger partial charge in [-0.05, 0) is 0 Å². The van der Waals surface area contributed by atoms with Crippen LogP contribution >= 0.6 is 11.6 Å². The zero-order valence-electron chi connectivity index (χ0n) is 6.81. The third kappa shape index (κ3) is 17.9. The number of alkyl halides is 1. The van der Waals surface area contributed by atoms with Gasteiger partial charge in [0.25, 0.3) is 0 Å². The Morgan fingerprint density at radius 2 is 2.18 bits per heavy atom. The van der Waals surface area contributed by atoms with Crippen LogP contribution in [-0.4, -0.2) is 5.88 Å². The second kappa shape index (κ2) is 16.8. The van der Waals surface area contributed by atoms with Gasteiger partial charge in [-0.15, -0.1) is 24.6 Å².